The number of rotatable bonds is 6. The van der Waals surface area contributed by atoms with Crippen molar-refractivity contribution in [2.45, 2.75) is 9.79 Å². The first-order chi connectivity index (χ1) is 15.2. The fraction of sp³-hybridized carbons (Fsp3) is 0. The predicted octanol–water partition coefficient (Wildman–Crippen LogP) is 4.91. The average Bonchev–Trinajstić information content (AvgIpc) is 2.76. The smallest absolute Gasteiger partial charge is 0.261 e. The molecule has 4 aromatic rings. The minimum absolute atomic E-state index is 0.0144. The van der Waals surface area contributed by atoms with Crippen LogP contribution in [0.1, 0.15) is 0 Å². The number of fused-ring (bicyclic) bond motifs is 1. The van der Waals surface area contributed by atoms with E-state index in [1.54, 1.807) is 36.4 Å². The Bertz CT molecular complexity index is 1390. The summed E-state index contributed by atoms with van der Waals surface area (Å²) in [6.07, 6.45) is 0. The van der Waals surface area contributed by atoms with Crippen molar-refractivity contribution in [3.63, 3.8) is 0 Å². The second-order valence-corrected chi connectivity index (χ2v) is 11.1. The largest absolute Gasteiger partial charge is 0.508 e. The molecule has 0 saturated heterocycles. The number of phenolic OH excluding ortho intramolecular Hbond substituents is 1. The highest BCUT2D eigenvalue weighted by molar-refractivity contribution is 9.10. The number of halogens is 1. The van der Waals surface area contributed by atoms with Gasteiger partial charge in [-0.25, -0.2) is 16.8 Å². The van der Waals surface area contributed by atoms with Crippen molar-refractivity contribution >= 4 is 58.1 Å². The van der Waals surface area contributed by atoms with Gasteiger partial charge in [0.25, 0.3) is 20.0 Å². The molecule has 0 aromatic heterocycles. The van der Waals surface area contributed by atoms with Gasteiger partial charge in [0.1, 0.15) is 5.75 Å². The van der Waals surface area contributed by atoms with Crippen molar-refractivity contribution in [1.29, 1.82) is 0 Å². The molecule has 0 unspecified atom stereocenters. The Morgan fingerprint density at radius 2 is 1.00 bits per heavy atom. The van der Waals surface area contributed by atoms with E-state index in [-0.39, 0.29) is 15.5 Å². The number of phenols is 1. The minimum atomic E-state index is -3.92. The Balaban J connectivity index is 1.72. The lowest BCUT2D eigenvalue weighted by atomic mass is 10.1. The van der Waals surface area contributed by atoms with Gasteiger partial charge in [-0.1, -0.05) is 40.2 Å². The Morgan fingerprint density at radius 3 is 1.44 bits per heavy atom. The third-order valence-electron chi connectivity index (χ3n) is 4.68. The lowest BCUT2D eigenvalue weighted by Gasteiger charge is -2.15. The number of nitrogens with one attached hydrogen (secondary N) is 2. The van der Waals surface area contributed by atoms with Crippen LogP contribution in [-0.2, 0) is 20.0 Å². The molecule has 0 aliphatic heterocycles. The maximum Gasteiger partial charge on any atom is 0.261 e. The zero-order chi connectivity index (χ0) is 22.9. The monoisotopic (exact) mass is 532 g/mol. The highest BCUT2D eigenvalue weighted by Crippen LogP contribution is 2.33. The van der Waals surface area contributed by atoms with Crippen LogP contribution in [0.4, 0.5) is 11.4 Å². The van der Waals surface area contributed by atoms with Crippen LogP contribution in [0, 0.1) is 0 Å². The van der Waals surface area contributed by atoms with Crippen LogP contribution in [0.5, 0.6) is 5.75 Å². The second kappa shape index (κ2) is 8.45. The van der Waals surface area contributed by atoms with Crippen molar-refractivity contribution in [1.82, 2.24) is 0 Å². The number of sulfonamides is 2. The van der Waals surface area contributed by atoms with Gasteiger partial charge in [0.15, 0.2) is 0 Å². The predicted molar refractivity (Wildman–Crippen MR) is 128 cm³/mol. The lowest BCUT2D eigenvalue weighted by Crippen LogP contribution is -2.15. The summed E-state index contributed by atoms with van der Waals surface area (Å²) in [5.74, 6) is -0.0446. The van der Waals surface area contributed by atoms with Crippen LogP contribution in [0.15, 0.2) is 99.2 Å². The molecule has 10 heteroatoms. The fourth-order valence-electron chi connectivity index (χ4n) is 3.12. The molecular formula is C22H17BrN2O5S2. The Morgan fingerprint density at radius 1 is 0.594 bits per heavy atom. The molecule has 0 bridgehead atoms. The molecule has 0 spiro atoms. The van der Waals surface area contributed by atoms with E-state index in [0.717, 1.165) is 4.47 Å². The average molecular weight is 533 g/mol. The van der Waals surface area contributed by atoms with Gasteiger partial charge in [0, 0.05) is 15.2 Å². The van der Waals surface area contributed by atoms with Crippen LogP contribution in [0.3, 0.4) is 0 Å². The molecule has 0 fully saturated rings. The summed E-state index contributed by atoms with van der Waals surface area (Å²) in [5, 5.41) is 10.4. The fourth-order valence-corrected chi connectivity index (χ4v) is 5.55. The van der Waals surface area contributed by atoms with Gasteiger partial charge in [0.2, 0.25) is 0 Å². The molecule has 32 heavy (non-hydrogen) atoms. The normalized spacial score (nSPS) is 11.9. The maximum atomic E-state index is 12.8. The topological polar surface area (TPSA) is 113 Å². The Labute approximate surface area is 194 Å². The number of hydrogen-bond donors (Lipinski definition) is 3. The Kier molecular flexibility index (Phi) is 5.85. The van der Waals surface area contributed by atoms with Gasteiger partial charge in [-0.05, 0) is 60.7 Å². The van der Waals surface area contributed by atoms with Crippen LogP contribution >= 0.6 is 15.9 Å². The number of anilines is 2. The zero-order valence-electron chi connectivity index (χ0n) is 16.4. The summed E-state index contributed by atoms with van der Waals surface area (Å²) < 4.78 is 57.1. The molecule has 164 valence electrons. The summed E-state index contributed by atoms with van der Waals surface area (Å²) in [7, 11) is -7.77. The quantitative estimate of drug-likeness (QED) is 0.326. The summed E-state index contributed by atoms with van der Waals surface area (Å²) in [5.41, 5.74) is 0.608. The van der Waals surface area contributed by atoms with Crippen molar-refractivity contribution in [2.24, 2.45) is 0 Å². The summed E-state index contributed by atoms with van der Waals surface area (Å²) in [6, 6.07) is 21.2. The van der Waals surface area contributed by atoms with E-state index in [1.165, 1.54) is 48.5 Å². The van der Waals surface area contributed by atoms with Crippen molar-refractivity contribution < 1.29 is 21.9 Å². The molecular weight excluding hydrogens is 516 g/mol. The van der Waals surface area contributed by atoms with Gasteiger partial charge in [-0.3, -0.25) is 9.44 Å². The van der Waals surface area contributed by atoms with Gasteiger partial charge < -0.3 is 5.11 Å². The lowest BCUT2D eigenvalue weighted by molar-refractivity contribution is 0.475. The standard InChI is InChI=1S/C22H17BrN2O5S2/c23-15-5-9-17(10-6-15)31(27,28)24-21-13-14-22(20-4-2-1-3-19(20)21)25-32(29,30)18-11-7-16(26)8-12-18/h1-14,24-26H. The first kappa shape index (κ1) is 22.1. The Hall–Kier alpha value is -3.08. The molecule has 0 saturated carbocycles. The molecule has 0 aliphatic rings. The van der Waals surface area contributed by atoms with E-state index in [0.29, 0.717) is 22.1 Å². The highest BCUT2D eigenvalue weighted by atomic mass is 79.9. The van der Waals surface area contributed by atoms with Gasteiger partial charge in [-0.2, -0.15) is 0 Å². The van der Waals surface area contributed by atoms with E-state index >= 15 is 0 Å². The van der Waals surface area contributed by atoms with E-state index in [1.807, 2.05) is 0 Å². The van der Waals surface area contributed by atoms with Gasteiger partial charge >= 0.3 is 0 Å². The summed E-state index contributed by atoms with van der Waals surface area (Å²) >= 11 is 3.28. The van der Waals surface area contributed by atoms with Crippen molar-refractivity contribution in [3.8, 4) is 5.75 Å². The van der Waals surface area contributed by atoms with Gasteiger partial charge in [-0.15, -0.1) is 0 Å². The summed E-state index contributed by atoms with van der Waals surface area (Å²) in [6.45, 7) is 0. The molecule has 4 aromatic carbocycles. The number of hydrogen-bond acceptors (Lipinski definition) is 5. The van der Waals surface area contributed by atoms with E-state index < -0.39 is 20.0 Å². The minimum Gasteiger partial charge on any atom is -0.508 e. The van der Waals surface area contributed by atoms with Crippen LogP contribution in [0.25, 0.3) is 10.8 Å². The zero-order valence-corrected chi connectivity index (χ0v) is 19.6. The van der Waals surface area contributed by atoms with E-state index in [9.17, 15) is 21.9 Å². The van der Waals surface area contributed by atoms with Crippen LogP contribution < -0.4 is 9.44 Å². The van der Waals surface area contributed by atoms with Crippen molar-refractivity contribution in [3.05, 3.63) is 89.4 Å². The first-order valence-corrected chi connectivity index (χ1v) is 13.0. The maximum absolute atomic E-state index is 12.8. The van der Waals surface area contributed by atoms with E-state index in [4.69, 9.17) is 0 Å². The van der Waals surface area contributed by atoms with Crippen LogP contribution in [-0.4, -0.2) is 21.9 Å². The highest BCUT2D eigenvalue weighted by Gasteiger charge is 2.19. The molecule has 0 radical (unpaired) electrons. The van der Waals surface area contributed by atoms with E-state index in [2.05, 4.69) is 25.4 Å². The molecule has 0 heterocycles. The third kappa shape index (κ3) is 4.57. The molecule has 3 N–H and O–H groups in total. The van der Waals surface area contributed by atoms with Crippen LogP contribution in [0.2, 0.25) is 0 Å². The molecule has 0 amide bonds. The number of aromatic hydroxyl groups is 1. The third-order valence-corrected chi connectivity index (χ3v) is 7.98. The SMILES string of the molecule is O=S(=O)(Nc1ccc(NS(=O)(=O)c2ccc(Br)cc2)c2ccccc12)c1ccc(O)cc1. The summed E-state index contributed by atoms with van der Waals surface area (Å²) in [4.78, 5) is 0.0845. The van der Waals surface area contributed by atoms with Gasteiger partial charge in [0.05, 0.1) is 21.2 Å². The first-order valence-electron chi connectivity index (χ1n) is 9.28. The molecule has 4 rings (SSSR count). The molecule has 0 aliphatic carbocycles. The second-order valence-electron chi connectivity index (χ2n) is 6.87. The molecule has 7 nitrogen and oxygen atoms in total. The molecule has 0 atom stereocenters. The van der Waals surface area contributed by atoms with Crippen molar-refractivity contribution in [2.75, 3.05) is 9.44 Å². The number of benzene rings is 4.